The first kappa shape index (κ1) is 15.5. The van der Waals surface area contributed by atoms with Gasteiger partial charge < -0.3 is 0 Å². The smallest absolute Gasteiger partial charge is 0.207 e. The molecule has 0 atom stereocenters. The Kier molecular flexibility index (Phi) is 6.12. The second-order valence-electron chi connectivity index (χ2n) is 4.13. The van der Waals surface area contributed by atoms with Gasteiger partial charge in [0.05, 0.1) is 4.90 Å². The molecule has 0 saturated carbocycles. The van der Waals surface area contributed by atoms with E-state index >= 15 is 0 Å². The van der Waals surface area contributed by atoms with E-state index in [1.807, 2.05) is 13.0 Å². The van der Waals surface area contributed by atoms with E-state index in [1.54, 1.807) is 18.2 Å². The van der Waals surface area contributed by atoms with Crippen molar-refractivity contribution in [2.24, 2.45) is 0 Å². The van der Waals surface area contributed by atoms with Crippen molar-refractivity contribution in [3.05, 3.63) is 29.8 Å². The van der Waals surface area contributed by atoms with E-state index in [4.69, 9.17) is 11.6 Å². The fourth-order valence-electron chi connectivity index (χ4n) is 1.72. The first-order valence-corrected chi connectivity index (χ1v) is 8.18. The number of rotatable bonds is 7. The molecule has 0 amide bonds. The highest BCUT2D eigenvalue weighted by Crippen LogP contribution is 2.18. The van der Waals surface area contributed by atoms with E-state index in [9.17, 15) is 8.42 Å². The Hall–Kier alpha value is -0.580. The van der Waals surface area contributed by atoms with Gasteiger partial charge in [-0.25, -0.2) is 8.42 Å². The normalized spacial score (nSPS) is 12.0. The minimum absolute atomic E-state index is 0.324. The number of hydrogen-bond donors (Lipinski definition) is 0. The zero-order chi connectivity index (χ0) is 13.6. The number of hydrogen-bond acceptors (Lipinski definition) is 2. The molecule has 1 rings (SSSR count). The molecule has 0 saturated heterocycles. The largest absolute Gasteiger partial charge is 0.243 e. The summed E-state index contributed by atoms with van der Waals surface area (Å²) >= 11 is 5.74. The average molecular weight is 290 g/mol. The maximum atomic E-state index is 12.4. The molecule has 0 aliphatic rings. The Morgan fingerprint density at radius 1 is 1.28 bits per heavy atom. The van der Waals surface area contributed by atoms with Crippen LogP contribution >= 0.6 is 11.6 Å². The SMILES string of the molecule is CCCCN(CC)S(=O)(=O)c1cccc(CCl)c1. The third kappa shape index (κ3) is 3.70. The summed E-state index contributed by atoms with van der Waals surface area (Å²) in [7, 11) is -3.38. The maximum absolute atomic E-state index is 12.4. The lowest BCUT2D eigenvalue weighted by molar-refractivity contribution is 0.419. The van der Waals surface area contributed by atoms with Crippen LogP contribution in [0.1, 0.15) is 32.3 Å². The van der Waals surface area contributed by atoms with Gasteiger partial charge in [-0.1, -0.05) is 32.4 Å². The Morgan fingerprint density at radius 2 is 2.00 bits per heavy atom. The molecular formula is C13H20ClNO2S. The van der Waals surface area contributed by atoms with Crippen LogP contribution in [0.5, 0.6) is 0 Å². The van der Waals surface area contributed by atoms with Gasteiger partial charge in [0.2, 0.25) is 10.0 Å². The van der Waals surface area contributed by atoms with Crippen molar-refractivity contribution in [1.82, 2.24) is 4.31 Å². The van der Waals surface area contributed by atoms with Crippen molar-refractivity contribution < 1.29 is 8.42 Å². The van der Waals surface area contributed by atoms with E-state index in [-0.39, 0.29) is 0 Å². The van der Waals surface area contributed by atoms with E-state index in [0.29, 0.717) is 23.9 Å². The maximum Gasteiger partial charge on any atom is 0.243 e. The lowest BCUT2D eigenvalue weighted by Crippen LogP contribution is -2.31. The number of sulfonamides is 1. The van der Waals surface area contributed by atoms with E-state index in [2.05, 4.69) is 6.92 Å². The van der Waals surface area contributed by atoms with Crippen molar-refractivity contribution in [1.29, 1.82) is 0 Å². The van der Waals surface area contributed by atoms with Crippen molar-refractivity contribution in [2.75, 3.05) is 13.1 Å². The summed E-state index contributed by atoms with van der Waals surface area (Å²) in [6.07, 6.45) is 1.86. The Labute approximate surface area is 115 Å². The first-order valence-electron chi connectivity index (χ1n) is 6.21. The molecule has 0 fully saturated rings. The quantitative estimate of drug-likeness (QED) is 0.723. The Balaban J connectivity index is 3.02. The summed E-state index contributed by atoms with van der Waals surface area (Å²) in [5, 5.41) is 0. The highest BCUT2D eigenvalue weighted by Gasteiger charge is 2.22. The summed E-state index contributed by atoms with van der Waals surface area (Å²) < 4.78 is 26.4. The van der Waals surface area contributed by atoms with E-state index in [0.717, 1.165) is 18.4 Å². The minimum atomic E-state index is -3.38. The predicted molar refractivity (Wildman–Crippen MR) is 75.3 cm³/mol. The summed E-state index contributed by atoms with van der Waals surface area (Å²) in [6, 6.07) is 6.84. The van der Waals surface area contributed by atoms with Crippen LogP contribution < -0.4 is 0 Å². The molecule has 18 heavy (non-hydrogen) atoms. The van der Waals surface area contributed by atoms with Crippen molar-refractivity contribution >= 4 is 21.6 Å². The second kappa shape index (κ2) is 7.12. The highest BCUT2D eigenvalue weighted by atomic mass is 35.5. The van der Waals surface area contributed by atoms with Gasteiger partial charge in [-0.15, -0.1) is 11.6 Å². The van der Waals surface area contributed by atoms with Crippen LogP contribution in [-0.2, 0) is 15.9 Å². The van der Waals surface area contributed by atoms with Crippen LogP contribution in [0.2, 0.25) is 0 Å². The molecule has 5 heteroatoms. The zero-order valence-electron chi connectivity index (χ0n) is 10.9. The van der Waals surface area contributed by atoms with Gasteiger partial charge in [0, 0.05) is 19.0 Å². The molecular weight excluding hydrogens is 270 g/mol. The number of benzene rings is 1. The van der Waals surface area contributed by atoms with E-state index < -0.39 is 10.0 Å². The molecule has 0 N–H and O–H groups in total. The zero-order valence-corrected chi connectivity index (χ0v) is 12.5. The van der Waals surface area contributed by atoms with Gasteiger partial charge in [-0.3, -0.25) is 0 Å². The van der Waals surface area contributed by atoms with Gasteiger partial charge in [0.15, 0.2) is 0 Å². The number of unbranched alkanes of at least 4 members (excludes halogenated alkanes) is 1. The summed E-state index contributed by atoms with van der Waals surface area (Å²) in [4.78, 5) is 0.332. The van der Waals surface area contributed by atoms with Crippen LogP contribution in [0.15, 0.2) is 29.2 Å². The standard InChI is InChI=1S/C13H20ClNO2S/c1-3-5-9-15(4-2)18(16,17)13-8-6-7-12(10-13)11-14/h6-8,10H,3-5,9,11H2,1-2H3. The van der Waals surface area contributed by atoms with Gasteiger partial charge >= 0.3 is 0 Å². The molecule has 0 bridgehead atoms. The fourth-order valence-corrected chi connectivity index (χ4v) is 3.45. The van der Waals surface area contributed by atoms with Gasteiger partial charge in [-0.05, 0) is 24.1 Å². The predicted octanol–water partition coefficient (Wildman–Crippen LogP) is 3.24. The number of halogens is 1. The third-order valence-corrected chi connectivity index (χ3v) is 5.08. The molecule has 1 aromatic carbocycles. The molecule has 0 unspecified atom stereocenters. The molecule has 0 spiro atoms. The van der Waals surface area contributed by atoms with Crippen molar-refractivity contribution in [3.63, 3.8) is 0 Å². The van der Waals surface area contributed by atoms with Crippen molar-refractivity contribution in [2.45, 2.75) is 37.5 Å². The monoisotopic (exact) mass is 289 g/mol. The summed E-state index contributed by atoms with van der Waals surface area (Å²) in [6.45, 7) is 4.97. The molecule has 3 nitrogen and oxygen atoms in total. The molecule has 1 aromatic rings. The lowest BCUT2D eigenvalue weighted by Gasteiger charge is -2.20. The lowest BCUT2D eigenvalue weighted by atomic mass is 10.2. The molecule has 0 radical (unpaired) electrons. The molecule has 0 aliphatic carbocycles. The van der Waals surface area contributed by atoms with Gasteiger partial charge in [0.1, 0.15) is 0 Å². The minimum Gasteiger partial charge on any atom is -0.207 e. The van der Waals surface area contributed by atoms with Crippen LogP contribution in [0.4, 0.5) is 0 Å². The van der Waals surface area contributed by atoms with Crippen LogP contribution in [0, 0.1) is 0 Å². The highest BCUT2D eigenvalue weighted by molar-refractivity contribution is 7.89. The second-order valence-corrected chi connectivity index (χ2v) is 6.34. The number of nitrogens with zero attached hydrogens (tertiary/aromatic N) is 1. The van der Waals surface area contributed by atoms with Gasteiger partial charge in [-0.2, -0.15) is 4.31 Å². The average Bonchev–Trinajstić information content (AvgIpc) is 2.39. The van der Waals surface area contributed by atoms with Crippen LogP contribution in [-0.4, -0.2) is 25.8 Å². The molecule has 0 heterocycles. The van der Waals surface area contributed by atoms with Crippen LogP contribution in [0.25, 0.3) is 0 Å². The van der Waals surface area contributed by atoms with Gasteiger partial charge in [0.25, 0.3) is 0 Å². The third-order valence-electron chi connectivity index (χ3n) is 2.80. The molecule has 102 valence electrons. The van der Waals surface area contributed by atoms with Crippen LogP contribution in [0.3, 0.4) is 0 Å². The Bertz CT molecular complexity index is 474. The van der Waals surface area contributed by atoms with Crippen molar-refractivity contribution in [3.8, 4) is 0 Å². The molecule has 0 aromatic heterocycles. The Morgan fingerprint density at radius 3 is 2.56 bits per heavy atom. The topological polar surface area (TPSA) is 37.4 Å². The van der Waals surface area contributed by atoms with E-state index in [1.165, 1.54) is 4.31 Å². The summed E-state index contributed by atoms with van der Waals surface area (Å²) in [5.41, 5.74) is 0.823. The number of alkyl halides is 1. The first-order chi connectivity index (χ1) is 8.56. The fraction of sp³-hybridized carbons (Fsp3) is 0.538. The summed E-state index contributed by atoms with van der Waals surface area (Å²) in [5.74, 6) is 0.324. The molecule has 0 aliphatic heterocycles.